The minimum atomic E-state index is -0.742. The van der Waals surface area contributed by atoms with Gasteiger partial charge in [-0.3, -0.25) is 0 Å². The number of aliphatic hydroxyl groups excluding tert-OH is 1. The Morgan fingerprint density at radius 2 is 1.95 bits per heavy atom. The lowest BCUT2D eigenvalue weighted by molar-refractivity contribution is 0.0652. The maximum Gasteiger partial charge on any atom is 0.128 e. The lowest BCUT2D eigenvalue weighted by Gasteiger charge is -2.30. The van der Waals surface area contributed by atoms with Crippen LogP contribution < -0.4 is 4.74 Å². The van der Waals surface area contributed by atoms with Gasteiger partial charge in [0.05, 0.1) is 6.10 Å². The highest BCUT2D eigenvalue weighted by Gasteiger charge is 2.28. The van der Waals surface area contributed by atoms with Crippen molar-refractivity contribution in [2.24, 2.45) is 0 Å². The number of hydrogen-bond acceptors (Lipinski definition) is 2. The van der Waals surface area contributed by atoms with Crippen LogP contribution in [0.15, 0.2) is 36.4 Å². The number of aryl methyl sites for hydroxylation is 1. The Morgan fingerprint density at radius 3 is 2.70 bits per heavy atom. The zero-order valence-corrected chi connectivity index (χ0v) is 10.9. The van der Waals surface area contributed by atoms with Gasteiger partial charge in [-0.2, -0.15) is 0 Å². The summed E-state index contributed by atoms with van der Waals surface area (Å²) in [5, 5.41) is 10.1. The Bertz CT molecular complexity index is 655. The summed E-state index contributed by atoms with van der Waals surface area (Å²) in [5.74, 6) is -0.424. The molecule has 2 aromatic rings. The van der Waals surface area contributed by atoms with Crippen molar-refractivity contribution in [2.45, 2.75) is 25.6 Å². The molecule has 1 aliphatic heterocycles. The van der Waals surface area contributed by atoms with Crippen LogP contribution in [-0.4, -0.2) is 5.11 Å². The first-order chi connectivity index (χ1) is 9.54. The minimum absolute atomic E-state index is 0.314. The fraction of sp³-hybridized carbons (Fsp3) is 0.250. The summed E-state index contributed by atoms with van der Waals surface area (Å²) in [6, 6.07) is 8.88. The number of benzene rings is 2. The number of hydrogen-bond donors (Lipinski definition) is 1. The molecule has 104 valence electrons. The van der Waals surface area contributed by atoms with Gasteiger partial charge in [0, 0.05) is 18.1 Å². The van der Waals surface area contributed by atoms with Gasteiger partial charge in [0.25, 0.3) is 0 Å². The van der Waals surface area contributed by atoms with E-state index in [-0.39, 0.29) is 5.82 Å². The third-order valence-electron chi connectivity index (χ3n) is 3.61. The first-order valence-corrected chi connectivity index (χ1v) is 6.45. The van der Waals surface area contributed by atoms with Crippen LogP contribution in [0.1, 0.15) is 35.3 Å². The van der Waals surface area contributed by atoms with Crippen molar-refractivity contribution in [3.05, 3.63) is 64.7 Å². The molecule has 2 atom stereocenters. The Labute approximate surface area is 115 Å². The highest BCUT2D eigenvalue weighted by molar-refractivity contribution is 5.39. The average molecular weight is 276 g/mol. The molecule has 4 heteroatoms. The van der Waals surface area contributed by atoms with Gasteiger partial charge in [0.1, 0.15) is 23.5 Å². The minimum Gasteiger partial charge on any atom is -0.485 e. The van der Waals surface area contributed by atoms with Crippen LogP contribution in [0, 0.1) is 18.6 Å². The largest absolute Gasteiger partial charge is 0.485 e. The van der Waals surface area contributed by atoms with Crippen molar-refractivity contribution in [1.82, 2.24) is 0 Å². The van der Waals surface area contributed by atoms with E-state index in [1.54, 1.807) is 19.1 Å². The van der Waals surface area contributed by atoms with Crippen LogP contribution in [0.3, 0.4) is 0 Å². The summed E-state index contributed by atoms with van der Waals surface area (Å²) < 4.78 is 32.6. The fourth-order valence-corrected chi connectivity index (χ4v) is 2.43. The van der Waals surface area contributed by atoms with E-state index in [1.165, 1.54) is 24.3 Å². The summed E-state index contributed by atoms with van der Waals surface area (Å²) in [5.41, 5.74) is 1.76. The van der Waals surface area contributed by atoms with E-state index in [0.29, 0.717) is 28.9 Å². The standard InChI is InChI=1S/C16H14F2O2/c1-9-2-3-10(6-13(9)18)15-8-14(19)12-5-4-11(17)7-16(12)20-15/h2-7,14-15,19H,8H2,1H3/t14-,15?/m1/s1. The Hall–Kier alpha value is -1.94. The number of ether oxygens (including phenoxy) is 1. The van der Waals surface area contributed by atoms with E-state index in [0.717, 1.165) is 0 Å². The molecule has 1 unspecified atom stereocenters. The third-order valence-corrected chi connectivity index (χ3v) is 3.61. The molecule has 3 rings (SSSR count). The smallest absolute Gasteiger partial charge is 0.128 e. The summed E-state index contributed by atoms with van der Waals surface area (Å²) in [6.45, 7) is 1.68. The quantitative estimate of drug-likeness (QED) is 0.857. The second kappa shape index (κ2) is 4.87. The topological polar surface area (TPSA) is 29.5 Å². The van der Waals surface area contributed by atoms with Crippen molar-refractivity contribution < 1.29 is 18.6 Å². The maximum absolute atomic E-state index is 13.6. The van der Waals surface area contributed by atoms with Gasteiger partial charge in [-0.25, -0.2) is 8.78 Å². The van der Waals surface area contributed by atoms with E-state index in [2.05, 4.69) is 0 Å². The first kappa shape index (κ1) is 13.1. The maximum atomic E-state index is 13.6. The Morgan fingerprint density at radius 1 is 1.15 bits per heavy atom. The summed E-state index contributed by atoms with van der Waals surface area (Å²) in [4.78, 5) is 0. The summed E-state index contributed by atoms with van der Waals surface area (Å²) in [7, 11) is 0. The molecule has 0 fully saturated rings. The van der Waals surface area contributed by atoms with Crippen molar-refractivity contribution in [3.8, 4) is 5.75 Å². The molecule has 0 aliphatic carbocycles. The van der Waals surface area contributed by atoms with Gasteiger partial charge < -0.3 is 9.84 Å². The normalized spacial score (nSPS) is 21.2. The molecule has 0 bridgehead atoms. The zero-order chi connectivity index (χ0) is 14.3. The van der Waals surface area contributed by atoms with E-state index >= 15 is 0 Å². The Balaban J connectivity index is 1.96. The molecular formula is C16H14F2O2. The van der Waals surface area contributed by atoms with Gasteiger partial charge in [-0.1, -0.05) is 12.1 Å². The molecule has 1 heterocycles. The molecule has 0 radical (unpaired) electrons. The molecule has 0 aromatic heterocycles. The van der Waals surface area contributed by atoms with Crippen LogP contribution in [0.4, 0.5) is 8.78 Å². The van der Waals surface area contributed by atoms with Gasteiger partial charge in [0.15, 0.2) is 0 Å². The lowest BCUT2D eigenvalue weighted by Crippen LogP contribution is -2.19. The van der Waals surface area contributed by atoms with Crippen LogP contribution in [-0.2, 0) is 0 Å². The zero-order valence-electron chi connectivity index (χ0n) is 10.9. The van der Waals surface area contributed by atoms with Crippen molar-refractivity contribution in [3.63, 3.8) is 0 Å². The van der Waals surface area contributed by atoms with E-state index in [4.69, 9.17) is 4.74 Å². The van der Waals surface area contributed by atoms with E-state index < -0.39 is 18.0 Å². The molecule has 0 saturated heterocycles. The van der Waals surface area contributed by atoms with Gasteiger partial charge in [-0.05, 0) is 36.2 Å². The highest BCUT2D eigenvalue weighted by atomic mass is 19.1. The lowest BCUT2D eigenvalue weighted by atomic mass is 9.94. The summed E-state index contributed by atoms with van der Waals surface area (Å²) >= 11 is 0. The first-order valence-electron chi connectivity index (χ1n) is 6.45. The third kappa shape index (κ3) is 2.27. The number of halogens is 2. The summed E-state index contributed by atoms with van der Waals surface area (Å²) in [6.07, 6.45) is -0.899. The van der Waals surface area contributed by atoms with E-state index in [1.807, 2.05) is 0 Å². The number of aliphatic hydroxyl groups is 1. The SMILES string of the molecule is Cc1ccc(C2C[C@@H](O)c3ccc(F)cc3O2)cc1F. The second-order valence-electron chi connectivity index (χ2n) is 5.05. The van der Waals surface area contributed by atoms with Gasteiger partial charge in [0.2, 0.25) is 0 Å². The predicted octanol–water partition coefficient (Wildman–Crippen LogP) is 3.83. The van der Waals surface area contributed by atoms with Crippen molar-refractivity contribution in [1.29, 1.82) is 0 Å². The second-order valence-corrected chi connectivity index (χ2v) is 5.05. The van der Waals surface area contributed by atoms with Crippen molar-refractivity contribution in [2.75, 3.05) is 0 Å². The Kier molecular flexibility index (Phi) is 3.18. The molecule has 2 aromatic carbocycles. The number of fused-ring (bicyclic) bond motifs is 1. The van der Waals surface area contributed by atoms with E-state index in [9.17, 15) is 13.9 Å². The molecule has 0 saturated carbocycles. The molecule has 20 heavy (non-hydrogen) atoms. The molecule has 0 amide bonds. The molecule has 0 spiro atoms. The molecule has 2 nitrogen and oxygen atoms in total. The highest BCUT2D eigenvalue weighted by Crippen LogP contribution is 2.41. The van der Waals surface area contributed by atoms with Gasteiger partial charge in [-0.15, -0.1) is 0 Å². The van der Waals surface area contributed by atoms with Crippen LogP contribution in [0.25, 0.3) is 0 Å². The van der Waals surface area contributed by atoms with Crippen LogP contribution in [0.2, 0.25) is 0 Å². The van der Waals surface area contributed by atoms with Crippen LogP contribution in [0.5, 0.6) is 5.75 Å². The number of rotatable bonds is 1. The van der Waals surface area contributed by atoms with Crippen molar-refractivity contribution >= 4 is 0 Å². The molecular weight excluding hydrogens is 262 g/mol. The monoisotopic (exact) mass is 276 g/mol. The van der Waals surface area contributed by atoms with Gasteiger partial charge >= 0.3 is 0 Å². The molecule has 1 aliphatic rings. The fourth-order valence-electron chi connectivity index (χ4n) is 2.43. The predicted molar refractivity (Wildman–Crippen MR) is 70.5 cm³/mol. The molecule has 1 N–H and O–H groups in total. The van der Waals surface area contributed by atoms with Crippen LogP contribution >= 0.6 is 0 Å². The average Bonchev–Trinajstić information content (AvgIpc) is 2.41.